The third-order valence-electron chi connectivity index (χ3n) is 6.71. The molecular weight excluding hydrogens is 292 g/mol. The Balaban J connectivity index is 2.56. The largest absolute Gasteiger partial charge is 0.394 e. The number of hydrogen-bond acceptors (Lipinski definition) is 7. The molecule has 0 aromatic rings. The fraction of sp³-hybridized carbons (Fsp3) is 1.00. The van der Waals surface area contributed by atoms with E-state index in [9.17, 15) is 30.6 Å². The van der Waals surface area contributed by atoms with Gasteiger partial charge in [0, 0.05) is 17.3 Å². The van der Waals surface area contributed by atoms with Crippen LogP contribution >= 0.6 is 0 Å². The van der Waals surface area contributed by atoms with Crippen LogP contribution in [0.25, 0.3) is 0 Å². The van der Waals surface area contributed by atoms with Crippen molar-refractivity contribution in [3.8, 4) is 0 Å². The van der Waals surface area contributed by atoms with Crippen molar-refractivity contribution in [1.82, 2.24) is 0 Å². The zero-order chi connectivity index (χ0) is 17.6. The molecule has 22 heavy (non-hydrogen) atoms. The third-order valence-corrected chi connectivity index (χ3v) is 6.71. The van der Waals surface area contributed by atoms with Gasteiger partial charge in [-0.3, -0.25) is 0 Å². The Morgan fingerprint density at radius 1 is 1.05 bits per heavy atom. The highest BCUT2D eigenvalue weighted by molar-refractivity contribution is 5.45. The molecule has 2 aliphatic rings. The Kier molecular flexibility index (Phi) is 3.46. The summed E-state index contributed by atoms with van der Waals surface area (Å²) in [7, 11) is 0. The van der Waals surface area contributed by atoms with Crippen molar-refractivity contribution < 1.29 is 35.7 Å². The first-order valence-corrected chi connectivity index (χ1v) is 7.47. The van der Waals surface area contributed by atoms with Gasteiger partial charge in [0.1, 0.15) is 22.4 Å². The van der Waals surface area contributed by atoms with Crippen molar-refractivity contribution in [2.45, 2.75) is 75.7 Å². The molecule has 2 saturated carbocycles. The molecule has 0 heterocycles. The second kappa shape index (κ2) is 4.22. The van der Waals surface area contributed by atoms with Gasteiger partial charge < -0.3 is 35.7 Å². The van der Waals surface area contributed by atoms with E-state index < -0.39 is 58.5 Å². The zero-order valence-electron chi connectivity index (χ0n) is 13.7. The third kappa shape index (κ3) is 1.46. The van der Waals surface area contributed by atoms with Gasteiger partial charge in [0.05, 0.1) is 18.8 Å². The minimum absolute atomic E-state index is 0.587. The molecule has 0 radical (unpaired) electrons. The number of aliphatic hydroxyl groups is 7. The van der Waals surface area contributed by atoms with E-state index in [0.29, 0.717) is 0 Å². The van der Waals surface area contributed by atoms with Gasteiger partial charge in [-0.2, -0.15) is 0 Å². The maximum absolute atomic E-state index is 11.2. The van der Waals surface area contributed by atoms with E-state index in [-0.39, 0.29) is 0 Å². The van der Waals surface area contributed by atoms with Crippen LogP contribution in [0, 0.1) is 10.8 Å². The van der Waals surface area contributed by atoms with Crippen LogP contribution in [0.15, 0.2) is 0 Å². The van der Waals surface area contributed by atoms with E-state index in [1.807, 2.05) is 0 Å². The first-order valence-electron chi connectivity index (χ1n) is 7.47. The molecule has 0 bridgehead atoms. The van der Waals surface area contributed by atoms with Gasteiger partial charge in [-0.25, -0.2) is 0 Å². The molecule has 2 aliphatic carbocycles. The van der Waals surface area contributed by atoms with E-state index in [1.165, 1.54) is 34.6 Å². The SMILES string of the molecule is CC1(C)[C@](O)([C@@](O)(CC(O)CO)[C@@]2(O)C(O)C2(C)C)[C@@]1(C)O. The summed E-state index contributed by atoms with van der Waals surface area (Å²) in [6.07, 6.45) is -3.35. The Morgan fingerprint density at radius 3 is 1.64 bits per heavy atom. The monoisotopic (exact) mass is 320 g/mol. The van der Waals surface area contributed by atoms with E-state index in [4.69, 9.17) is 5.11 Å². The highest BCUT2D eigenvalue weighted by Crippen LogP contribution is 2.76. The van der Waals surface area contributed by atoms with Gasteiger partial charge in [0.15, 0.2) is 0 Å². The van der Waals surface area contributed by atoms with E-state index in [0.717, 1.165) is 0 Å². The molecule has 130 valence electrons. The first kappa shape index (κ1) is 18.1. The molecule has 0 amide bonds. The van der Waals surface area contributed by atoms with Crippen LogP contribution in [-0.2, 0) is 0 Å². The summed E-state index contributed by atoms with van der Waals surface area (Å²) in [6, 6.07) is 0. The van der Waals surface area contributed by atoms with Crippen LogP contribution < -0.4 is 0 Å². The van der Waals surface area contributed by atoms with E-state index in [1.54, 1.807) is 0 Å². The summed E-state index contributed by atoms with van der Waals surface area (Å²) >= 11 is 0. The van der Waals surface area contributed by atoms with Crippen molar-refractivity contribution >= 4 is 0 Å². The van der Waals surface area contributed by atoms with Crippen molar-refractivity contribution in [3.05, 3.63) is 0 Å². The van der Waals surface area contributed by atoms with Gasteiger partial charge in [-0.15, -0.1) is 0 Å². The van der Waals surface area contributed by atoms with E-state index in [2.05, 4.69) is 0 Å². The van der Waals surface area contributed by atoms with Gasteiger partial charge >= 0.3 is 0 Å². The lowest BCUT2D eigenvalue weighted by Crippen LogP contribution is -2.64. The summed E-state index contributed by atoms with van der Waals surface area (Å²) < 4.78 is 0. The highest BCUT2D eigenvalue weighted by atomic mass is 16.5. The first-order chi connectivity index (χ1) is 9.61. The molecule has 0 aromatic heterocycles. The smallest absolute Gasteiger partial charge is 0.133 e. The van der Waals surface area contributed by atoms with Crippen LogP contribution in [0.4, 0.5) is 0 Å². The Bertz CT molecular complexity index is 472. The van der Waals surface area contributed by atoms with Crippen molar-refractivity contribution in [2.24, 2.45) is 10.8 Å². The van der Waals surface area contributed by atoms with Crippen molar-refractivity contribution in [1.29, 1.82) is 0 Å². The zero-order valence-corrected chi connectivity index (χ0v) is 13.7. The summed E-state index contributed by atoms with van der Waals surface area (Å²) in [4.78, 5) is 0. The standard InChI is InChI=1S/C15H28O7/c1-10(2)9(18)14(10,21)13(20,6-8(17)7-16)15(22)11(3,4)12(15,5)19/h8-9,16-22H,6-7H2,1-5H3/t8?,9?,12-,13+,14+,15+/m0/s1. The predicted octanol–water partition coefficient (Wildman–Crippen LogP) is -1.89. The minimum atomic E-state index is -2.40. The topological polar surface area (TPSA) is 142 Å². The molecule has 2 rings (SSSR count). The van der Waals surface area contributed by atoms with Crippen LogP contribution in [-0.4, -0.2) is 77.0 Å². The maximum atomic E-state index is 11.2. The number of aliphatic hydroxyl groups excluding tert-OH is 3. The molecule has 0 aliphatic heterocycles. The van der Waals surface area contributed by atoms with Crippen LogP contribution in [0.1, 0.15) is 41.0 Å². The lowest BCUT2D eigenvalue weighted by molar-refractivity contribution is -0.227. The molecule has 0 aromatic carbocycles. The van der Waals surface area contributed by atoms with Gasteiger partial charge in [-0.05, 0) is 6.92 Å². The summed E-state index contributed by atoms with van der Waals surface area (Å²) in [5.41, 5.74) is -10.7. The molecule has 0 spiro atoms. The molecule has 6 atom stereocenters. The molecule has 2 unspecified atom stereocenters. The van der Waals surface area contributed by atoms with Gasteiger partial charge in [-0.1, -0.05) is 27.7 Å². The number of hydrogen-bond donors (Lipinski definition) is 7. The van der Waals surface area contributed by atoms with Crippen molar-refractivity contribution in [2.75, 3.05) is 6.61 Å². The molecule has 7 nitrogen and oxygen atoms in total. The molecule has 0 saturated heterocycles. The Labute approximate surface area is 129 Å². The molecule has 7 heteroatoms. The molecular formula is C15H28O7. The van der Waals surface area contributed by atoms with Gasteiger partial charge in [0.25, 0.3) is 0 Å². The summed E-state index contributed by atoms with van der Waals surface area (Å²) in [5.74, 6) is 0. The molecule has 7 N–H and O–H groups in total. The highest BCUT2D eigenvalue weighted by Gasteiger charge is 2.95. The lowest BCUT2D eigenvalue weighted by atomic mass is 9.74. The Hall–Kier alpha value is -0.280. The lowest BCUT2D eigenvalue weighted by Gasteiger charge is -2.43. The summed E-state index contributed by atoms with van der Waals surface area (Å²) in [6.45, 7) is 6.72. The second-order valence-corrected chi connectivity index (χ2v) is 8.20. The van der Waals surface area contributed by atoms with E-state index >= 15 is 0 Å². The van der Waals surface area contributed by atoms with Crippen molar-refractivity contribution in [3.63, 3.8) is 0 Å². The second-order valence-electron chi connectivity index (χ2n) is 8.20. The minimum Gasteiger partial charge on any atom is -0.394 e. The van der Waals surface area contributed by atoms with Crippen LogP contribution in [0.3, 0.4) is 0 Å². The normalized spacial score (nSPS) is 49.4. The average Bonchev–Trinajstić information content (AvgIpc) is 2.96. The fourth-order valence-corrected chi connectivity index (χ4v) is 4.42. The van der Waals surface area contributed by atoms with Gasteiger partial charge in [0.2, 0.25) is 0 Å². The molecule has 2 fully saturated rings. The Morgan fingerprint density at radius 2 is 1.41 bits per heavy atom. The maximum Gasteiger partial charge on any atom is 0.133 e. The average molecular weight is 320 g/mol. The van der Waals surface area contributed by atoms with Crippen LogP contribution in [0.2, 0.25) is 0 Å². The van der Waals surface area contributed by atoms with Crippen LogP contribution in [0.5, 0.6) is 0 Å². The summed E-state index contributed by atoms with van der Waals surface area (Å²) in [5, 5.41) is 72.5. The fourth-order valence-electron chi connectivity index (χ4n) is 4.42. The number of rotatable bonds is 5. The predicted molar refractivity (Wildman–Crippen MR) is 76.8 cm³/mol. The quantitative estimate of drug-likeness (QED) is 0.314.